The van der Waals surface area contributed by atoms with Crippen molar-refractivity contribution in [2.75, 3.05) is 18.9 Å². The molecule has 2 aromatic heterocycles. The summed E-state index contributed by atoms with van der Waals surface area (Å²) in [5, 5.41) is 19.0. The van der Waals surface area contributed by atoms with Crippen molar-refractivity contribution in [2.24, 2.45) is 0 Å². The number of nitrogens with two attached hydrogens (primary N) is 1. The molecule has 0 aliphatic carbocycles. The molecule has 37 heavy (non-hydrogen) atoms. The Morgan fingerprint density at radius 3 is 2.65 bits per heavy atom. The molecule has 0 spiro atoms. The van der Waals surface area contributed by atoms with Gasteiger partial charge in [0.1, 0.15) is 35.6 Å². The predicted octanol–water partition coefficient (Wildman–Crippen LogP) is 6.00. The molecular weight excluding hydrogens is 524 g/mol. The third kappa shape index (κ3) is 5.49. The molecule has 0 saturated carbocycles. The van der Waals surface area contributed by atoms with E-state index in [1.807, 2.05) is 6.07 Å². The Morgan fingerprint density at radius 1 is 1.19 bits per heavy atom. The number of rotatable bonds is 8. The molecule has 0 bridgehead atoms. The van der Waals surface area contributed by atoms with Crippen molar-refractivity contribution in [3.63, 3.8) is 0 Å². The number of nitriles is 1. The van der Waals surface area contributed by atoms with Gasteiger partial charge in [-0.05, 0) is 35.9 Å². The topological polar surface area (TPSA) is 123 Å². The van der Waals surface area contributed by atoms with Crippen LogP contribution in [0.3, 0.4) is 0 Å². The van der Waals surface area contributed by atoms with Crippen LogP contribution in [0, 0.1) is 29.5 Å². The average Bonchev–Trinajstić information content (AvgIpc) is 3.37. The van der Waals surface area contributed by atoms with Crippen LogP contribution in [0.5, 0.6) is 5.75 Å². The summed E-state index contributed by atoms with van der Waals surface area (Å²) in [4.78, 5) is 12.0. The maximum Gasteiger partial charge on any atom is 0.236 e. The van der Waals surface area contributed by atoms with Crippen molar-refractivity contribution in [3.05, 3.63) is 82.0 Å². The van der Waals surface area contributed by atoms with Crippen molar-refractivity contribution < 1.29 is 23.0 Å². The maximum atomic E-state index is 14.6. The number of aromatic nitrogens is 2. The lowest BCUT2D eigenvalue weighted by Gasteiger charge is -2.14. The first-order valence-electron chi connectivity index (χ1n) is 10.5. The lowest BCUT2D eigenvalue weighted by atomic mass is 9.99. The Bertz CT molecular complexity index is 1570. The maximum absolute atomic E-state index is 14.6. The minimum absolute atomic E-state index is 0.0441. The summed E-state index contributed by atoms with van der Waals surface area (Å²) in [7, 11) is 0. The zero-order valence-electron chi connectivity index (χ0n) is 18.8. The molecule has 8 nitrogen and oxygen atoms in total. The Morgan fingerprint density at radius 2 is 1.97 bits per heavy atom. The molecule has 0 saturated heterocycles. The number of nitrogens with zero attached hydrogens (tertiary/aromatic N) is 4. The number of benzene rings is 2. The van der Waals surface area contributed by atoms with Crippen LogP contribution in [0.25, 0.3) is 27.4 Å². The molecule has 4 aromatic rings. The number of nitrogen functional groups attached to an aromatic ring is 1. The van der Waals surface area contributed by atoms with Gasteiger partial charge in [-0.25, -0.2) is 23.6 Å². The third-order valence-electron chi connectivity index (χ3n) is 5.03. The Balaban J connectivity index is 1.66. The zero-order chi connectivity index (χ0) is 26.5. The number of aliphatic hydroxyl groups excluding tert-OH is 1. The van der Waals surface area contributed by atoms with Crippen molar-refractivity contribution in [3.8, 4) is 34.4 Å². The van der Waals surface area contributed by atoms with E-state index in [1.54, 1.807) is 0 Å². The highest BCUT2D eigenvalue weighted by atomic mass is 35.5. The summed E-state index contributed by atoms with van der Waals surface area (Å²) in [5.74, 6) is -1.04. The Labute approximate surface area is 219 Å². The van der Waals surface area contributed by atoms with Gasteiger partial charge in [0.05, 0.1) is 29.5 Å². The molecule has 2 heterocycles. The highest BCUT2D eigenvalue weighted by Crippen LogP contribution is 2.42. The molecule has 4 rings (SSSR count). The monoisotopic (exact) mass is 539 g/mol. The molecule has 0 fully saturated rings. The lowest BCUT2D eigenvalue weighted by molar-refractivity contribution is 0.196. The number of thioether (sulfide) groups is 1. The van der Waals surface area contributed by atoms with E-state index < -0.39 is 11.6 Å². The SMILES string of the molecule is [C-]#[N+]c1c(N)nc(SCc2coc(-c3ccc(F)c(Cl)c3)n2)c(C#N)c1-c1ccc(OCCO)c(F)c1. The second kappa shape index (κ2) is 11.3. The summed E-state index contributed by atoms with van der Waals surface area (Å²) in [6.07, 6.45) is 1.41. The summed E-state index contributed by atoms with van der Waals surface area (Å²) in [6.45, 7) is 7.17. The molecule has 0 aliphatic heterocycles. The first-order chi connectivity index (χ1) is 17.9. The van der Waals surface area contributed by atoms with E-state index in [2.05, 4.69) is 14.8 Å². The zero-order valence-corrected chi connectivity index (χ0v) is 20.4. The number of hydrogen-bond donors (Lipinski definition) is 2. The van der Waals surface area contributed by atoms with Crippen molar-refractivity contribution >= 4 is 34.9 Å². The van der Waals surface area contributed by atoms with Gasteiger partial charge in [0.15, 0.2) is 11.6 Å². The average molecular weight is 540 g/mol. The number of hydrogen-bond acceptors (Lipinski definition) is 8. The van der Waals surface area contributed by atoms with Gasteiger partial charge in [-0.3, -0.25) is 0 Å². The van der Waals surface area contributed by atoms with Crippen LogP contribution in [0.2, 0.25) is 5.02 Å². The van der Waals surface area contributed by atoms with E-state index in [4.69, 9.17) is 38.2 Å². The second-order valence-electron chi connectivity index (χ2n) is 7.40. The van der Waals surface area contributed by atoms with Crippen LogP contribution in [0.15, 0.2) is 52.1 Å². The minimum Gasteiger partial charge on any atom is -0.488 e. The molecule has 0 radical (unpaired) electrons. The van der Waals surface area contributed by atoms with E-state index in [-0.39, 0.29) is 68.9 Å². The molecule has 12 heteroatoms. The number of oxazole rings is 1. The number of ether oxygens (including phenoxy) is 1. The number of pyridine rings is 1. The standard InChI is InChI=1S/C25H16ClF2N5O3S/c1-31-22-21(13-3-5-20(19(28)9-13)35-7-6-34)16(10-29)25(33-23(22)30)37-12-15-11-36-24(32-15)14-2-4-18(27)17(26)8-14/h2-5,8-9,11,34H,6-7,12H2,(H2,30,33). The van der Waals surface area contributed by atoms with Gasteiger partial charge in [-0.15, -0.1) is 0 Å². The largest absolute Gasteiger partial charge is 0.488 e. The second-order valence-corrected chi connectivity index (χ2v) is 8.77. The van der Waals surface area contributed by atoms with Gasteiger partial charge in [0.25, 0.3) is 0 Å². The normalized spacial score (nSPS) is 10.6. The fourth-order valence-corrected chi connectivity index (χ4v) is 4.43. The van der Waals surface area contributed by atoms with Crippen molar-refractivity contribution in [1.82, 2.24) is 9.97 Å². The predicted molar refractivity (Wildman–Crippen MR) is 134 cm³/mol. The molecule has 0 amide bonds. The molecule has 2 aromatic carbocycles. The van der Waals surface area contributed by atoms with Crippen LogP contribution in [-0.2, 0) is 5.75 Å². The first kappa shape index (κ1) is 25.9. The van der Waals surface area contributed by atoms with Crippen LogP contribution < -0.4 is 10.5 Å². The quantitative estimate of drug-likeness (QED) is 0.206. The summed E-state index contributed by atoms with van der Waals surface area (Å²) in [6, 6.07) is 10.1. The van der Waals surface area contributed by atoms with Gasteiger partial charge in [0, 0.05) is 16.9 Å². The van der Waals surface area contributed by atoms with E-state index in [0.29, 0.717) is 11.3 Å². The highest BCUT2D eigenvalue weighted by molar-refractivity contribution is 7.98. The van der Waals surface area contributed by atoms with Crippen molar-refractivity contribution in [1.29, 1.82) is 5.26 Å². The van der Waals surface area contributed by atoms with Crippen LogP contribution in [-0.4, -0.2) is 28.3 Å². The molecule has 0 atom stereocenters. The number of anilines is 1. The Kier molecular flexibility index (Phi) is 7.89. The van der Waals surface area contributed by atoms with Gasteiger partial charge in [-0.2, -0.15) is 5.26 Å². The van der Waals surface area contributed by atoms with Gasteiger partial charge in [-0.1, -0.05) is 29.4 Å². The highest BCUT2D eigenvalue weighted by Gasteiger charge is 2.22. The summed E-state index contributed by atoms with van der Waals surface area (Å²) in [5.41, 5.74) is 7.36. The number of halogens is 3. The van der Waals surface area contributed by atoms with E-state index in [1.165, 1.54) is 36.6 Å². The van der Waals surface area contributed by atoms with E-state index in [0.717, 1.165) is 17.8 Å². The van der Waals surface area contributed by atoms with E-state index >= 15 is 0 Å². The van der Waals surface area contributed by atoms with Gasteiger partial charge < -0.3 is 20.0 Å². The third-order valence-corrected chi connectivity index (χ3v) is 6.33. The fraction of sp³-hybridized carbons (Fsp3) is 0.120. The van der Waals surface area contributed by atoms with E-state index in [9.17, 15) is 14.0 Å². The van der Waals surface area contributed by atoms with Crippen molar-refractivity contribution in [2.45, 2.75) is 10.8 Å². The van der Waals surface area contributed by atoms with Crippen LogP contribution >= 0.6 is 23.4 Å². The molecule has 0 aliphatic rings. The lowest BCUT2D eigenvalue weighted by Crippen LogP contribution is -2.03. The molecule has 186 valence electrons. The molecule has 3 N–H and O–H groups in total. The Hall–Kier alpha value is -4.16. The summed E-state index contributed by atoms with van der Waals surface area (Å²) < 4.78 is 38.7. The summed E-state index contributed by atoms with van der Waals surface area (Å²) >= 11 is 6.96. The smallest absolute Gasteiger partial charge is 0.236 e. The minimum atomic E-state index is -0.730. The molecular formula is C25H16ClF2N5O3S. The molecule has 0 unspecified atom stereocenters. The first-order valence-corrected chi connectivity index (χ1v) is 11.9. The van der Waals surface area contributed by atoms with Gasteiger partial charge in [0.2, 0.25) is 11.6 Å². The van der Waals surface area contributed by atoms with Gasteiger partial charge >= 0.3 is 0 Å². The van der Waals surface area contributed by atoms with Crippen LogP contribution in [0.1, 0.15) is 11.3 Å². The number of aliphatic hydroxyl groups is 1. The van der Waals surface area contributed by atoms with Crippen LogP contribution in [0.4, 0.5) is 20.3 Å². The fourth-order valence-electron chi connectivity index (χ4n) is 3.38.